The summed E-state index contributed by atoms with van der Waals surface area (Å²) in [6.45, 7) is 6.17. The summed E-state index contributed by atoms with van der Waals surface area (Å²) in [6, 6.07) is 11.7. The Bertz CT molecular complexity index is 906. The van der Waals surface area contributed by atoms with Crippen LogP contribution in [0.2, 0.25) is 0 Å². The fraction of sp³-hybridized carbons (Fsp3) is 0.300. The van der Waals surface area contributed by atoms with Crippen molar-refractivity contribution >= 4 is 29.0 Å². The minimum Gasteiger partial charge on any atom is -0.372 e. The van der Waals surface area contributed by atoms with Gasteiger partial charge in [-0.05, 0) is 50.2 Å². The first-order chi connectivity index (χ1) is 13.6. The topological polar surface area (TPSA) is 75.9 Å². The number of nitrogens with zero attached hydrogens (tertiary/aromatic N) is 5. The molecule has 0 fully saturated rings. The fourth-order valence-corrected chi connectivity index (χ4v) is 3.57. The number of pyridine rings is 1. The van der Waals surface area contributed by atoms with Crippen LogP contribution < -0.4 is 10.2 Å². The van der Waals surface area contributed by atoms with Crippen molar-refractivity contribution in [1.82, 2.24) is 19.7 Å². The zero-order valence-electron chi connectivity index (χ0n) is 16.3. The molecule has 28 heavy (non-hydrogen) atoms. The highest BCUT2D eigenvalue weighted by molar-refractivity contribution is 7.99. The fourth-order valence-electron chi connectivity index (χ4n) is 2.86. The summed E-state index contributed by atoms with van der Waals surface area (Å²) in [4.78, 5) is 18.7. The van der Waals surface area contributed by atoms with E-state index in [2.05, 4.69) is 39.2 Å². The summed E-state index contributed by atoms with van der Waals surface area (Å²) in [5, 5.41) is 12.0. The second kappa shape index (κ2) is 9.36. The molecule has 0 unspecified atom stereocenters. The molecule has 2 heterocycles. The summed E-state index contributed by atoms with van der Waals surface area (Å²) < 4.78 is 1.87. The third kappa shape index (κ3) is 4.69. The number of aromatic nitrogens is 4. The molecule has 8 heteroatoms. The molecule has 1 N–H and O–H groups in total. The molecule has 146 valence electrons. The maximum Gasteiger partial charge on any atom is 0.234 e. The number of carbonyl (C=O) groups is 1. The number of thioether (sulfide) groups is 1. The van der Waals surface area contributed by atoms with Crippen molar-refractivity contribution in [2.75, 3.05) is 29.1 Å². The third-order valence-electron chi connectivity index (χ3n) is 4.37. The van der Waals surface area contributed by atoms with Gasteiger partial charge in [-0.25, -0.2) is 0 Å². The van der Waals surface area contributed by atoms with Crippen LogP contribution in [0.1, 0.15) is 13.8 Å². The molecule has 0 bridgehead atoms. The van der Waals surface area contributed by atoms with Gasteiger partial charge in [-0.2, -0.15) is 0 Å². The quantitative estimate of drug-likeness (QED) is 0.588. The van der Waals surface area contributed by atoms with Crippen LogP contribution in [-0.2, 0) is 11.8 Å². The van der Waals surface area contributed by atoms with E-state index in [9.17, 15) is 4.79 Å². The van der Waals surface area contributed by atoms with Crippen LogP contribution in [0, 0.1) is 0 Å². The van der Waals surface area contributed by atoms with Gasteiger partial charge in [0.05, 0.1) is 5.75 Å². The monoisotopic (exact) mass is 396 g/mol. The summed E-state index contributed by atoms with van der Waals surface area (Å²) in [5.74, 6) is 0.908. The maximum atomic E-state index is 12.3. The molecular weight excluding hydrogens is 372 g/mol. The van der Waals surface area contributed by atoms with Crippen LogP contribution in [0.15, 0.2) is 53.9 Å². The molecule has 0 saturated heterocycles. The summed E-state index contributed by atoms with van der Waals surface area (Å²) >= 11 is 1.35. The third-order valence-corrected chi connectivity index (χ3v) is 5.39. The van der Waals surface area contributed by atoms with Gasteiger partial charge in [0.2, 0.25) is 5.91 Å². The normalized spacial score (nSPS) is 10.7. The van der Waals surface area contributed by atoms with E-state index in [1.165, 1.54) is 11.8 Å². The second-order valence-electron chi connectivity index (χ2n) is 6.16. The summed E-state index contributed by atoms with van der Waals surface area (Å²) in [7, 11) is 1.88. The Morgan fingerprint density at radius 1 is 1.14 bits per heavy atom. The molecule has 0 saturated carbocycles. The smallest absolute Gasteiger partial charge is 0.234 e. The summed E-state index contributed by atoms with van der Waals surface area (Å²) in [5.41, 5.74) is 2.83. The number of anilines is 2. The highest BCUT2D eigenvalue weighted by Crippen LogP contribution is 2.22. The van der Waals surface area contributed by atoms with E-state index in [0.717, 1.165) is 35.9 Å². The van der Waals surface area contributed by atoms with E-state index in [1.54, 1.807) is 12.4 Å². The number of carbonyl (C=O) groups excluding carboxylic acids is 1. The molecule has 2 aromatic heterocycles. The lowest BCUT2D eigenvalue weighted by Crippen LogP contribution is -2.21. The van der Waals surface area contributed by atoms with Gasteiger partial charge in [0.15, 0.2) is 11.0 Å². The lowest BCUT2D eigenvalue weighted by Gasteiger charge is -2.21. The van der Waals surface area contributed by atoms with Gasteiger partial charge in [0.1, 0.15) is 0 Å². The van der Waals surface area contributed by atoms with Crippen molar-refractivity contribution in [3.8, 4) is 11.4 Å². The largest absolute Gasteiger partial charge is 0.372 e. The average Bonchev–Trinajstić information content (AvgIpc) is 3.09. The van der Waals surface area contributed by atoms with Crippen LogP contribution >= 0.6 is 11.8 Å². The molecule has 0 aliphatic carbocycles. The molecule has 0 aliphatic heterocycles. The number of rotatable bonds is 8. The number of amides is 1. The number of hydrogen-bond acceptors (Lipinski definition) is 6. The van der Waals surface area contributed by atoms with E-state index in [0.29, 0.717) is 5.16 Å². The van der Waals surface area contributed by atoms with Gasteiger partial charge in [0, 0.05) is 49.5 Å². The Hall–Kier alpha value is -2.87. The van der Waals surface area contributed by atoms with Crippen molar-refractivity contribution in [1.29, 1.82) is 0 Å². The van der Waals surface area contributed by atoms with Crippen molar-refractivity contribution < 1.29 is 4.79 Å². The molecule has 7 nitrogen and oxygen atoms in total. The van der Waals surface area contributed by atoms with Gasteiger partial charge >= 0.3 is 0 Å². The Morgan fingerprint density at radius 3 is 2.54 bits per heavy atom. The van der Waals surface area contributed by atoms with Crippen molar-refractivity contribution in [3.05, 3.63) is 48.8 Å². The highest BCUT2D eigenvalue weighted by atomic mass is 32.2. The summed E-state index contributed by atoms with van der Waals surface area (Å²) in [6.07, 6.45) is 3.46. The Labute approximate surface area is 169 Å². The van der Waals surface area contributed by atoms with E-state index < -0.39 is 0 Å². The van der Waals surface area contributed by atoms with Crippen LogP contribution in [0.4, 0.5) is 11.4 Å². The highest BCUT2D eigenvalue weighted by Gasteiger charge is 2.13. The number of benzene rings is 1. The first-order valence-electron chi connectivity index (χ1n) is 9.19. The minimum atomic E-state index is -0.0773. The molecule has 1 aromatic carbocycles. The van der Waals surface area contributed by atoms with Crippen LogP contribution in [-0.4, -0.2) is 44.5 Å². The molecule has 0 spiro atoms. The predicted molar refractivity (Wildman–Crippen MR) is 114 cm³/mol. The average molecular weight is 397 g/mol. The van der Waals surface area contributed by atoms with Gasteiger partial charge in [-0.3, -0.25) is 9.78 Å². The Kier molecular flexibility index (Phi) is 6.65. The standard InChI is InChI=1S/C20H24N6OS/c1-4-26(5-2)17-10-8-16(9-11-17)22-18(27)14-28-20-24-23-19(25(20)3)15-7-6-12-21-13-15/h6-13H,4-5,14H2,1-3H3,(H,22,27). The molecule has 3 aromatic rings. The molecule has 0 aliphatic rings. The van der Waals surface area contributed by atoms with Crippen LogP contribution in [0.5, 0.6) is 0 Å². The lowest BCUT2D eigenvalue weighted by molar-refractivity contribution is -0.113. The Morgan fingerprint density at radius 2 is 1.89 bits per heavy atom. The SMILES string of the molecule is CCN(CC)c1ccc(NC(=O)CSc2nnc(-c3cccnc3)n2C)cc1. The maximum absolute atomic E-state index is 12.3. The van der Waals surface area contributed by atoms with E-state index in [1.807, 2.05) is 48.0 Å². The van der Waals surface area contributed by atoms with Gasteiger partial charge in [-0.1, -0.05) is 11.8 Å². The van der Waals surface area contributed by atoms with Gasteiger partial charge < -0.3 is 14.8 Å². The first-order valence-corrected chi connectivity index (χ1v) is 10.2. The molecule has 3 rings (SSSR count). The zero-order chi connectivity index (χ0) is 19.9. The van der Waals surface area contributed by atoms with E-state index >= 15 is 0 Å². The van der Waals surface area contributed by atoms with Gasteiger partial charge in [-0.15, -0.1) is 10.2 Å². The second-order valence-corrected chi connectivity index (χ2v) is 7.11. The first kappa shape index (κ1) is 19.9. The number of nitrogens with one attached hydrogen (secondary N) is 1. The van der Waals surface area contributed by atoms with Crippen LogP contribution in [0.3, 0.4) is 0 Å². The van der Waals surface area contributed by atoms with Crippen molar-refractivity contribution in [2.24, 2.45) is 7.05 Å². The molecule has 1 amide bonds. The zero-order valence-corrected chi connectivity index (χ0v) is 17.1. The minimum absolute atomic E-state index is 0.0773. The predicted octanol–water partition coefficient (Wildman–Crippen LogP) is 3.45. The van der Waals surface area contributed by atoms with Crippen molar-refractivity contribution in [3.63, 3.8) is 0 Å². The lowest BCUT2D eigenvalue weighted by atomic mass is 10.2. The Balaban J connectivity index is 1.57. The van der Waals surface area contributed by atoms with E-state index in [-0.39, 0.29) is 11.7 Å². The van der Waals surface area contributed by atoms with Crippen LogP contribution in [0.25, 0.3) is 11.4 Å². The molecule has 0 radical (unpaired) electrons. The molecule has 0 atom stereocenters. The number of hydrogen-bond donors (Lipinski definition) is 1. The van der Waals surface area contributed by atoms with Gasteiger partial charge in [0.25, 0.3) is 0 Å². The van der Waals surface area contributed by atoms with Crippen molar-refractivity contribution in [2.45, 2.75) is 19.0 Å². The van der Waals surface area contributed by atoms with E-state index in [4.69, 9.17) is 0 Å². The molecular formula is C20H24N6OS.